The second-order valence-corrected chi connectivity index (χ2v) is 7.18. The summed E-state index contributed by atoms with van der Waals surface area (Å²) in [6.07, 6.45) is 0.289. The van der Waals surface area contributed by atoms with Gasteiger partial charge in [0.2, 0.25) is 5.91 Å². The summed E-state index contributed by atoms with van der Waals surface area (Å²) in [5, 5.41) is 10.2. The predicted molar refractivity (Wildman–Crippen MR) is 104 cm³/mol. The molecule has 0 saturated carbocycles. The summed E-state index contributed by atoms with van der Waals surface area (Å²) in [5.41, 5.74) is 1.55. The first-order chi connectivity index (χ1) is 14.4. The van der Waals surface area contributed by atoms with Crippen LogP contribution in [-0.4, -0.2) is 33.8 Å². The number of amides is 1. The molecule has 2 aromatic heterocycles. The fraction of sp³-hybridized carbons (Fsp3) is 0.286. The Hall–Kier alpha value is -3.20. The predicted octanol–water partition coefficient (Wildman–Crippen LogP) is 2.91. The lowest BCUT2D eigenvalue weighted by molar-refractivity contribution is -0.141. The van der Waals surface area contributed by atoms with Gasteiger partial charge in [-0.25, -0.2) is 4.68 Å². The van der Waals surface area contributed by atoms with Gasteiger partial charge in [-0.2, -0.15) is 18.3 Å². The molecule has 6 nitrogen and oxygen atoms in total. The summed E-state index contributed by atoms with van der Waals surface area (Å²) in [5.74, 6) is -0.727. The molecule has 0 unspecified atom stereocenters. The molecule has 30 heavy (non-hydrogen) atoms. The fourth-order valence-corrected chi connectivity index (χ4v) is 3.61. The van der Waals surface area contributed by atoms with Crippen LogP contribution in [0.5, 0.6) is 0 Å². The Kier molecular flexibility index (Phi) is 5.54. The van der Waals surface area contributed by atoms with E-state index in [1.165, 1.54) is 12.3 Å². The zero-order valence-corrected chi connectivity index (χ0v) is 15.9. The molecule has 4 rings (SSSR count). The number of halogens is 3. The van der Waals surface area contributed by atoms with Crippen LogP contribution >= 0.6 is 0 Å². The third kappa shape index (κ3) is 4.35. The third-order valence-corrected chi connectivity index (χ3v) is 5.23. The van der Waals surface area contributed by atoms with Crippen LogP contribution in [0.1, 0.15) is 22.7 Å². The Morgan fingerprint density at radius 3 is 2.60 bits per heavy atom. The van der Waals surface area contributed by atoms with Crippen molar-refractivity contribution in [3.63, 3.8) is 0 Å². The Morgan fingerprint density at radius 1 is 1.17 bits per heavy atom. The Labute approximate surface area is 171 Å². The summed E-state index contributed by atoms with van der Waals surface area (Å²) < 4.78 is 39.9. The lowest BCUT2D eigenvalue weighted by Crippen LogP contribution is -2.34. The van der Waals surface area contributed by atoms with Gasteiger partial charge in [0.25, 0.3) is 0 Å². The van der Waals surface area contributed by atoms with Gasteiger partial charge in [-0.05, 0) is 35.4 Å². The van der Waals surface area contributed by atoms with Gasteiger partial charge in [-0.15, -0.1) is 0 Å². The van der Waals surface area contributed by atoms with E-state index in [1.807, 2.05) is 36.5 Å². The lowest BCUT2D eigenvalue weighted by Gasteiger charge is -2.19. The number of hydrogen-bond donors (Lipinski definition) is 2. The van der Waals surface area contributed by atoms with Gasteiger partial charge in [0.1, 0.15) is 5.69 Å². The summed E-state index contributed by atoms with van der Waals surface area (Å²) in [6, 6.07) is 11.9. The molecule has 2 N–H and O–H groups in total. The van der Waals surface area contributed by atoms with Gasteiger partial charge < -0.3 is 10.6 Å². The molecular weight excluding hydrogens is 395 g/mol. The van der Waals surface area contributed by atoms with Crippen molar-refractivity contribution in [3.05, 3.63) is 77.9 Å². The SMILES string of the molecule is O=C(NCc1ccc(-n2cccn2)cc1)[C@H]1CNC[C@@H]1c1ccc(C(F)(F)F)nc1. The van der Waals surface area contributed by atoms with Crippen molar-refractivity contribution in [2.24, 2.45) is 5.92 Å². The minimum Gasteiger partial charge on any atom is -0.352 e. The molecule has 156 valence electrons. The normalized spacial score (nSPS) is 19.0. The van der Waals surface area contributed by atoms with Crippen molar-refractivity contribution in [2.75, 3.05) is 13.1 Å². The molecule has 1 amide bonds. The van der Waals surface area contributed by atoms with E-state index < -0.39 is 11.9 Å². The van der Waals surface area contributed by atoms with E-state index in [0.717, 1.165) is 17.3 Å². The number of aromatic nitrogens is 3. The van der Waals surface area contributed by atoms with Crippen LogP contribution in [0.2, 0.25) is 0 Å². The Bertz CT molecular complexity index is 985. The minimum atomic E-state index is -4.48. The van der Waals surface area contributed by atoms with E-state index >= 15 is 0 Å². The van der Waals surface area contributed by atoms with Gasteiger partial charge >= 0.3 is 6.18 Å². The zero-order chi connectivity index (χ0) is 21.1. The van der Waals surface area contributed by atoms with E-state index in [0.29, 0.717) is 25.2 Å². The quantitative estimate of drug-likeness (QED) is 0.672. The van der Waals surface area contributed by atoms with Crippen molar-refractivity contribution < 1.29 is 18.0 Å². The van der Waals surface area contributed by atoms with Crippen LogP contribution in [0, 0.1) is 5.92 Å². The van der Waals surface area contributed by atoms with E-state index in [9.17, 15) is 18.0 Å². The van der Waals surface area contributed by atoms with Crippen LogP contribution < -0.4 is 10.6 Å². The maximum absolute atomic E-state index is 12.7. The first kappa shape index (κ1) is 20.1. The number of rotatable bonds is 5. The van der Waals surface area contributed by atoms with Crippen LogP contribution in [-0.2, 0) is 17.5 Å². The first-order valence-corrected chi connectivity index (χ1v) is 9.52. The highest BCUT2D eigenvalue weighted by Gasteiger charge is 2.36. The second kappa shape index (κ2) is 8.27. The highest BCUT2D eigenvalue weighted by atomic mass is 19.4. The average molecular weight is 415 g/mol. The smallest absolute Gasteiger partial charge is 0.352 e. The fourth-order valence-electron chi connectivity index (χ4n) is 3.61. The van der Waals surface area contributed by atoms with Crippen LogP contribution in [0.15, 0.2) is 61.1 Å². The van der Waals surface area contributed by atoms with Crippen molar-refractivity contribution >= 4 is 5.91 Å². The summed E-state index contributed by atoms with van der Waals surface area (Å²) in [4.78, 5) is 16.2. The Morgan fingerprint density at radius 2 is 1.97 bits per heavy atom. The van der Waals surface area contributed by atoms with Gasteiger partial charge in [0, 0.05) is 44.1 Å². The summed E-state index contributed by atoms with van der Waals surface area (Å²) in [6.45, 7) is 1.35. The third-order valence-electron chi connectivity index (χ3n) is 5.23. The molecule has 1 saturated heterocycles. The van der Waals surface area contributed by atoms with Crippen LogP contribution in [0.4, 0.5) is 13.2 Å². The number of hydrogen-bond acceptors (Lipinski definition) is 4. The maximum atomic E-state index is 12.7. The Balaban J connectivity index is 1.38. The summed E-state index contributed by atoms with van der Waals surface area (Å²) >= 11 is 0. The molecule has 3 aromatic rings. The van der Waals surface area contributed by atoms with Crippen molar-refractivity contribution in [1.29, 1.82) is 0 Å². The molecule has 1 aliphatic rings. The number of carbonyl (C=O) groups is 1. The molecule has 1 fully saturated rings. The molecule has 9 heteroatoms. The molecule has 0 radical (unpaired) electrons. The number of nitrogens with one attached hydrogen (secondary N) is 2. The summed E-state index contributed by atoms with van der Waals surface area (Å²) in [7, 11) is 0. The number of alkyl halides is 3. The van der Waals surface area contributed by atoms with Gasteiger partial charge in [-0.3, -0.25) is 9.78 Å². The minimum absolute atomic E-state index is 0.138. The molecule has 0 aliphatic carbocycles. The van der Waals surface area contributed by atoms with Crippen LogP contribution in [0.3, 0.4) is 0 Å². The average Bonchev–Trinajstić information content (AvgIpc) is 3.44. The first-order valence-electron chi connectivity index (χ1n) is 9.52. The number of benzene rings is 1. The molecule has 1 aliphatic heterocycles. The molecule has 2 atom stereocenters. The zero-order valence-electron chi connectivity index (χ0n) is 15.9. The molecule has 1 aromatic carbocycles. The van der Waals surface area contributed by atoms with Crippen LogP contribution in [0.25, 0.3) is 5.69 Å². The van der Waals surface area contributed by atoms with Gasteiger partial charge in [-0.1, -0.05) is 18.2 Å². The van der Waals surface area contributed by atoms with E-state index in [2.05, 4.69) is 20.7 Å². The number of nitrogens with zero attached hydrogens (tertiary/aromatic N) is 3. The van der Waals surface area contributed by atoms with Crippen molar-refractivity contribution in [1.82, 2.24) is 25.4 Å². The second-order valence-electron chi connectivity index (χ2n) is 7.18. The molecule has 0 spiro atoms. The lowest BCUT2D eigenvalue weighted by atomic mass is 9.89. The van der Waals surface area contributed by atoms with E-state index in [4.69, 9.17) is 0 Å². The standard InChI is InChI=1S/C21H20F3N5O/c22-21(23,24)19-7-4-15(11-26-19)17-12-25-13-18(17)20(30)27-10-14-2-5-16(6-3-14)29-9-1-8-28-29/h1-9,11,17-18,25H,10,12-13H2,(H,27,30)/t17-,18+/m1/s1. The van der Waals surface area contributed by atoms with E-state index in [-0.39, 0.29) is 17.7 Å². The molecule has 3 heterocycles. The van der Waals surface area contributed by atoms with Gasteiger partial charge in [0.15, 0.2) is 0 Å². The maximum Gasteiger partial charge on any atom is 0.433 e. The largest absolute Gasteiger partial charge is 0.433 e. The molecule has 0 bridgehead atoms. The highest BCUT2D eigenvalue weighted by molar-refractivity contribution is 5.80. The van der Waals surface area contributed by atoms with Crippen molar-refractivity contribution in [2.45, 2.75) is 18.6 Å². The monoisotopic (exact) mass is 415 g/mol. The number of pyridine rings is 1. The highest BCUT2D eigenvalue weighted by Crippen LogP contribution is 2.31. The number of carbonyl (C=O) groups excluding carboxylic acids is 1. The molecular formula is C21H20F3N5O. The topological polar surface area (TPSA) is 71.8 Å². The van der Waals surface area contributed by atoms with Gasteiger partial charge in [0.05, 0.1) is 11.6 Å². The van der Waals surface area contributed by atoms with E-state index in [1.54, 1.807) is 10.9 Å². The van der Waals surface area contributed by atoms with Crippen molar-refractivity contribution in [3.8, 4) is 5.69 Å².